The fraction of sp³-hybridized carbons (Fsp3) is 0.136. The van der Waals surface area contributed by atoms with Gasteiger partial charge in [-0.15, -0.1) is 21.5 Å². The summed E-state index contributed by atoms with van der Waals surface area (Å²) in [6.45, 7) is 0.416. The molecule has 0 atom stereocenters. The third kappa shape index (κ3) is 5.10. The topological polar surface area (TPSA) is 69.0 Å². The molecule has 1 N–H and O–H groups in total. The van der Waals surface area contributed by atoms with Crippen molar-refractivity contribution < 1.29 is 9.53 Å². The first-order chi connectivity index (χ1) is 15.2. The number of nitrogens with zero attached hydrogens (tertiary/aromatic N) is 3. The second-order valence-corrected chi connectivity index (χ2v) is 8.81. The van der Waals surface area contributed by atoms with Gasteiger partial charge < -0.3 is 10.1 Å². The zero-order chi connectivity index (χ0) is 21.6. The van der Waals surface area contributed by atoms with Gasteiger partial charge in [-0.1, -0.05) is 53.7 Å². The van der Waals surface area contributed by atoms with Crippen LogP contribution in [0.2, 0.25) is 5.02 Å². The lowest BCUT2D eigenvalue weighted by atomic mass is 10.2. The van der Waals surface area contributed by atoms with Gasteiger partial charge in [0.05, 0.1) is 23.4 Å². The van der Waals surface area contributed by atoms with E-state index in [2.05, 4.69) is 15.5 Å². The first-order valence-electron chi connectivity index (χ1n) is 9.42. The molecule has 0 fully saturated rings. The second-order valence-electron chi connectivity index (χ2n) is 6.49. The van der Waals surface area contributed by atoms with Crippen molar-refractivity contribution in [2.45, 2.75) is 11.7 Å². The number of rotatable bonds is 8. The maximum absolute atomic E-state index is 12.4. The van der Waals surface area contributed by atoms with Crippen LogP contribution in [0.15, 0.2) is 71.2 Å². The summed E-state index contributed by atoms with van der Waals surface area (Å²) in [7, 11) is 1.63. The van der Waals surface area contributed by atoms with Gasteiger partial charge in [-0.25, -0.2) is 0 Å². The molecule has 0 unspecified atom stereocenters. The van der Waals surface area contributed by atoms with Gasteiger partial charge in [-0.3, -0.25) is 9.36 Å². The van der Waals surface area contributed by atoms with E-state index >= 15 is 0 Å². The number of benzene rings is 2. The molecule has 0 aliphatic heterocycles. The number of thiophene rings is 1. The standard InChI is InChI=1S/C22H19ClN4O2S2/c1-29-18-9-3-2-8-17(18)27-21(19-10-5-11-30-19)25-26-22(27)31-14-20(28)24-13-15-6-4-7-16(23)12-15/h2-12H,13-14H2,1H3,(H,24,28). The summed E-state index contributed by atoms with van der Waals surface area (Å²) in [6.07, 6.45) is 0. The van der Waals surface area contributed by atoms with Crippen molar-refractivity contribution in [3.05, 3.63) is 76.6 Å². The smallest absolute Gasteiger partial charge is 0.230 e. The predicted molar refractivity (Wildman–Crippen MR) is 125 cm³/mol. The lowest BCUT2D eigenvalue weighted by Crippen LogP contribution is -2.24. The van der Waals surface area contributed by atoms with Crippen LogP contribution in [0.4, 0.5) is 0 Å². The average molecular weight is 471 g/mol. The zero-order valence-electron chi connectivity index (χ0n) is 16.6. The summed E-state index contributed by atoms with van der Waals surface area (Å²) >= 11 is 8.91. The van der Waals surface area contributed by atoms with Crippen molar-refractivity contribution in [1.82, 2.24) is 20.1 Å². The Bertz CT molecular complexity index is 1180. The summed E-state index contributed by atoms with van der Waals surface area (Å²) < 4.78 is 7.48. The molecule has 2 aromatic heterocycles. The number of aromatic nitrogens is 3. The molecule has 0 spiro atoms. The van der Waals surface area contributed by atoms with Crippen molar-refractivity contribution in [1.29, 1.82) is 0 Å². The van der Waals surface area contributed by atoms with Crippen LogP contribution >= 0.6 is 34.7 Å². The molecular weight excluding hydrogens is 452 g/mol. The number of hydrogen-bond donors (Lipinski definition) is 1. The van der Waals surface area contributed by atoms with Crippen molar-refractivity contribution in [3.63, 3.8) is 0 Å². The average Bonchev–Trinajstić information content (AvgIpc) is 3.46. The summed E-state index contributed by atoms with van der Waals surface area (Å²) in [5, 5.41) is 14.9. The molecular formula is C22H19ClN4O2S2. The number of ether oxygens (including phenoxy) is 1. The number of halogens is 1. The van der Waals surface area contributed by atoms with Gasteiger partial charge in [0.1, 0.15) is 5.75 Å². The van der Waals surface area contributed by atoms with E-state index in [4.69, 9.17) is 16.3 Å². The highest BCUT2D eigenvalue weighted by Crippen LogP contribution is 2.33. The Morgan fingerprint density at radius 3 is 2.81 bits per heavy atom. The number of para-hydroxylation sites is 2. The van der Waals surface area contributed by atoms with Crippen LogP contribution in [0, 0.1) is 0 Å². The Hall–Kier alpha value is -2.81. The lowest BCUT2D eigenvalue weighted by molar-refractivity contribution is -0.118. The molecule has 0 saturated heterocycles. The number of carbonyl (C=O) groups is 1. The second kappa shape index (κ2) is 10.00. The van der Waals surface area contributed by atoms with E-state index in [1.807, 2.05) is 64.5 Å². The van der Waals surface area contributed by atoms with Crippen LogP contribution < -0.4 is 10.1 Å². The Morgan fingerprint density at radius 1 is 1.16 bits per heavy atom. The van der Waals surface area contributed by atoms with E-state index in [-0.39, 0.29) is 11.7 Å². The largest absolute Gasteiger partial charge is 0.495 e. The molecule has 4 aromatic rings. The van der Waals surface area contributed by atoms with E-state index in [1.54, 1.807) is 24.5 Å². The molecule has 0 saturated carbocycles. The first kappa shape index (κ1) is 21.4. The molecule has 0 radical (unpaired) electrons. The van der Waals surface area contributed by atoms with Gasteiger partial charge in [0.2, 0.25) is 5.91 Å². The molecule has 0 aliphatic rings. The summed E-state index contributed by atoms with van der Waals surface area (Å²) in [4.78, 5) is 13.4. The van der Waals surface area contributed by atoms with Crippen LogP contribution in [0.25, 0.3) is 16.4 Å². The highest BCUT2D eigenvalue weighted by atomic mass is 35.5. The molecule has 0 aliphatic carbocycles. The lowest BCUT2D eigenvalue weighted by Gasteiger charge is -2.13. The van der Waals surface area contributed by atoms with Crippen LogP contribution in [0.3, 0.4) is 0 Å². The molecule has 9 heteroatoms. The van der Waals surface area contributed by atoms with Gasteiger partial charge >= 0.3 is 0 Å². The van der Waals surface area contributed by atoms with Gasteiger partial charge in [0, 0.05) is 11.6 Å². The Kier molecular flexibility index (Phi) is 6.91. The molecule has 2 heterocycles. The fourth-order valence-corrected chi connectivity index (χ4v) is 4.68. The number of amides is 1. The maximum atomic E-state index is 12.4. The monoisotopic (exact) mass is 470 g/mol. The minimum atomic E-state index is -0.0998. The van der Waals surface area contributed by atoms with Gasteiger partial charge in [-0.2, -0.15) is 0 Å². The third-order valence-corrected chi connectivity index (χ3v) is 6.44. The van der Waals surface area contributed by atoms with E-state index in [0.29, 0.717) is 28.3 Å². The molecule has 158 valence electrons. The molecule has 4 rings (SSSR count). The van der Waals surface area contributed by atoms with Crippen LogP contribution in [0.1, 0.15) is 5.56 Å². The van der Waals surface area contributed by atoms with Crippen molar-refractivity contribution in [2.75, 3.05) is 12.9 Å². The Balaban J connectivity index is 1.54. The maximum Gasteiger partial charge on any atom is 0.230 e. The quantitative estimate of drug-likeness (QED) is 0.364. The number of methoxy groups -OCH3 is 1. The fourth-order valence-electron chi connectivity index (χ4n) is 2.99. The Labute approximate surface area is 193 Å². The van der Waals surface area contributed by atoms with Crippen molar-refractivity contribution in [3.8, 4) is 22.1 Å². The highest BCUT2D eigenvalue weighted by Gasteiger charge is 2.20. The number of hydrogen-bond acceptors (Lipinski definition) is 6. The summed E-state index contributed by atoms with van der Waals surface area (Å²) in [5.41, 5.74) is 1.77. The molecule has 0 bridgehead atoms. The minimum Gasteiger partial charge on any atom is -0.495 e. The molecule has 1 amide bonds. The van der Waals surface area contributed by atoms with Crippen molar-refractivity contribution >= 4 is 40.6 Å². The molecule has 6 nitrogen and oxygen atoms in total. The highest BCUT2D eigenvalue weighted by molar-refractivity contribution is 7.99. The number of nitrogens with one attached hydrogen (secondary N) is 1. The molecule has 2 aromatic carbocycles. The van der Waals surface area contributed by atoms with E-state index in [9.17, 15) is 4.79 Å². The van der Waals surface area contributed by atoms with Crippen LogP contribution in [-0.4, -0.2) is 33.5 Å². The van der Waals surface area contributed by atoms with E-state index < -0.39 is 0 Å². The van der Waals surface area contributed by atoms with E-state index in [1.165, 1.54) is 11.8 Å². The normalized spacial score (nSPS) is 10.8. The number of thioether (sulfide) groups is 1. The third-order valence-electron chi connectivity index (χ3n) is 4.41. The number of carbonyl (C=O) groups excluding carboxylic acids is 1. The van der Waals surface area contributed by atoms with Gasteiger partial charge in [0.15, 0.2) is 11.0 Å². The SMILES string of the molecule is COc1ccccc1-n1c(SCC(=O)NCc2cccc(Cl)c2)nnc1-c1cccs1. The summed E-state index contributed by atoms with van der Waals surface area (Å²) in [5.74, 6) is 1.52. The Morgan fingerprint density at radius 2 is 2.03 bits per heavy atom. The van der Waals surface area contributed by atoms with Crippen LogP contribution in [0.5, 0.6) is 5.75 Å². The van der Waals surface area contributed by atoms with Gasteiger partial charge in [0.25, 0.3) is 0 Å². The zero-order valence-corrected chi connectivity index (χ0v) is 19.0. The van der Waals surface area contributed by atoms with E-state index in [0.717, 1.165) is 16.1 Å². The predicted octanol–water partition coefficient (Wildman–Crippen LogP) is 5.07. The minimum absolute atomic E-state index is 0.0998. The van der Waals surface area contributed by atoms with Crippen molar-refractivity contribution in [2.24, 2.45) is 0 Å². The molecule has 31 heavy (non-hydrogen) atoms. The summed E-state index contributed by atoms with van der Waals surface area (Å²) in [6, 6.07) is 19.1. The van der Waals surface area contributed by atoms with Gasteiger partial charge in [-0.05, 0) is 41.3 Å². The van der Waals surface area contributed by atoms with Crippen LogP contribution in [-0.2, 0) is 11.3 Å². The first-order valence-corrected chi connectivity index (χ1v) is 11.7.